The number of nitrogens with one attached hydrogen (secondary N) is 1. The largest absolute Gasteiger partial charge is 0.489 e. The second-order valence-corrected chi connectivity index (χ2v) is 6.19. The van der Waals surface area contributed by atoms with Crippen LogP contribution in [0, 0.1) is 0 Å². The molecule has 2 aromatic carbocycles. The van der Waals surface area contributed by atoms with Crippen molar-refractivity contribution >= 4 is 28.0 Å². The van der Waals surface area contributed by atoms with E-state index in [0.717, 1.165) is 38.7 Å². The molecule has 0 aliphatic heterocycles. The number of rotatable bonds is 6. The van der Waals surface area contributed by atoms with Crippen molar-refractivity contribution in [3.05, 3.63) is 71.5 Å². The van der Waals surface area contributed by atoms with Crippen LogP contribution in [0.2, 0.25) is 0 Å². The van der Waals surface area contributed by atoms with Gasteiger partial charge in [0.25, 0.3) is 0 Å². The molecule has 0 fully saturated rings. The Morgan fingerprint density at radius 3 is 2.74 bits per heavy atom. The molecule has 0 bridgehead atoms. The minimum absolute atomic E-state index is 0.355. The fourth-order valence-corrected chi connectivity index (χ4v) is 3.24. The van der Waals surface area contributed by atoms with Crippen molar-refractivity contribution in [1.82, 2.24) is 9.97 Å². The Hall–Kier alpha value is -3.38. The van der Waals surface area contributed by atoms with Gasteiger partial charge in [-0.1, -0.05) is 35.5 Å². The number of ether oxygens (including phenoxy) is 2. The maximum absolute atomic E-state index is 8.93. The van der Waals surface area contributed by atoms with E-state index in [1.54, 1.807) is 13.3 Å². The number of hydrogen-bond donors (Lipinski definition) is 2. The number of fused-ring (bicyclic) bond motifs is 3. The molecule has 0 amide bonds. The van der Waals surface area contributed by atoms with Crippen molar-refractivity contribution < 1.29 is 14.7 Å². The third-order valence-corrected chi connectivity index (χ3v) is 4.46. The van der Waals surface area contributed by atoms with E-state index in [1.807, 2.05) is 48.5 Å². The smallest absolute Gasteiger partial charge is 0.120 e. The molecule has 0 aliphatic carbocycles. The van der Waals surface area contributed by atoms with E-state index in [-0.39, 0.29) is 0 Å². The van der Waals surface area contributed by atoms with Gasteiger partial charge in [-0.15, -0.1) is 0 Å². The molecule has 0 radical (unpaired) electrons. The zero-order chi connectivity index (χ0) is 18.6. The van der Waals surface area contributed by atoms with Crippen molar-refractivity contribution in [2.24, 2.45) is 5.16 Å². The molecule has 0 saturated carbocycles. The highest BCUT2D eigenvalue weighted by Gasteiger charge is 2.14. The summed E-state index contributed by atoms with van der Waals surface area (Å²) in [6.07, 6.45) is 3.05. The van der Waals surface area contributed by atoms with Crippen LogP contribution in [0.15, 0.2) is 59.9 Å². The highest BCUT2D eigenvalue weighted by molar-refractivity contribution is 6.10. The van der Waals surface area contributed by atoms with Crippen LogP contribution in [-0.4, -0.2) is 28.5 Å². The monoisotopic (exact) mass is 361 g/mol. The standard InChI is InChI=1S/C21H19N3O3/c1-26-13-17-19(11-23-25)22-10-20-21(17)16-9-15(7-8-18(16)24-20)27-12-14-5-3-2-4-6-14/h2-11,24-25H,12-13H2,1H3. The summed E-state index contributed by atoms with van der Waals surface area (Å²) in [7, 11) is 1.63. The van der Waals surface area contributed by atoms with Crippen LogP contribution in [-0.2, 0) is 18.0 Å². The van der Waals surface area contributed by atoms with Gasteiger partial charge in [0, 0.05) is 29.0 Å². The first kappa shape index (κ1) is 17.1. The number of methoxy groups -OCH3 is 1. The van der Waals surface area contributed by atoms with Crippen LogP contribution in [0.4, 0.5) is 0 Å². The average Bonchev–Trinajstić information content (AvgIpc) is 3.07. The average molecular weight is 361 g/mol. The van der Waals surface area contributed by atoms with Crippen molar-refractivity contribution in [3.63, 3.8) is 0 Å². The SMILES string of the molecule is COCc1c(C=NO)ncc2[nH]c3ccc(OCc4ccccc4)cc3c12. The number of hydrogen-bond acceptors (Lipinski definition) is 5. The number of nitrogens with zero attached hydrogens (tertiary/aromatic N) is 2. The number of pyridine rings is 1. The lowest BCUT2D eigenvalue weighted by atomic mass is 10.1. The maximum Gasteiger partial charge on any atom is 0.120 e. The van der Waals surface area contributed by atoms with Crippen molar-refractivity contribution in [2.75, 3.05) is 7.11 Å². The molecule has 4 aromatic rings. The molecule has 2 aromatic heterocycles. The van der Waals surface area contributed by atoms with E-state index in [0.29, 0.717) is 18.9 Å². The van der Waals surface area contributed by atoms with E-state index >= 15 is 0 Å². The van der Waals surface area contributed by atoms with E-state index in [1.165, 1.54) is 6.21 Å². The van der Waals surface area contributed by atoms with Crippen LogP contribution < -0.4 is 4.74 Å². The van der Waals surface area contributed by atoms with Crippen LogP contribution in [0.5, 0.6) is 5.75 Å². The fourth-order valence-electron chi connectivity index (χ4n) is 3.24. The van der Waals surface area contributed by atoms with Crippen LogP contribution in [0.3, 0.4) is 0 Å². The maximum atomic E-state index is 8.93. The van der Waals surface area contributed by atoms with Crippen LogP contribution >= 0.6 is 0 Å². The lowest BCUT2D eigenvalue weighted by Gasteiger charge is -2.08. The summed E-state index contributed by atoms with van der Waals surface area (Å²) in [6.45, 7) is 0.858. The second-order valence-electron chi connectivity index (χ2n) is 6.19. The lowest BCUT2D eigenvalue weighted by Crippen LogP contribution is -1.99. The predicted molar refractivity (Wildman–Crippen MR) is 104 cm³/mol. The third-order valence-electron chi connectivity index (χ3n) is 4.46. The molecule has 0 unspecified atom stereocenters. The Kier molecular flexibility index (Phi) is 4.72. The normalized spacial score (nSPS) is 11.6. The molecule has 0 saturated heterocycles. The summed E-state index contributed by atoms with van der Waals surface area (Å²) in [5.41, 5.74) is 4.42. The molecular weight excluding hydrogens is 342 g/mol. The Balaban J connectivity index is 1.78. The Morgan fingerprint density at radius 2 is 1.96 bits per heavy atom. The molecule has 0 atom stereocenters. The van der Waals surface area contributed by atoms with E-state index < -0.39 is 0 Å². The predicted octanol–water partition coefficient (Wildman–Crippen LogP) is 4.25. The molecule has 136 valence electrons. The zero-order valence-electron chi connectivity index (χ0n) is 14.8. The molecule has 6 nitrogen and oxygen atoms in total. The summed E-state index contributed by atoms with van der Waals surface area (Å²) < 4.78 is 11.3. The lowest BCUT2D eigenvalue weighted by molar-refractivity contribution is 0.185. The second kappa shape index (κ2) is 7.47. The van der Waals surface area contributed by atoms with Crippen molar-refractivity contribution in [1.29, 1.82) is 0 Å². The van der Waals surface area contributed by atoms with Gasteiger partial charge in [-0.25, -0.2) is 0 Å². The summed E-state index contributed by atoms with van der Waals surface area (Å²) in [6, 6.07) is 16.0. The van der Waals surface area contributed by atoms with Gasteiger partial charge in [0.1, 0.15) is 12.4 Å². The third kappa shape index (κ3) is 3.35. The number of aromatic amines is 1. The van der Waals surface area contributed by atoms with Crippen molar-refractivity contribution in [3.8, 4) is 5.75 Å². The van der Waals surface area contributed by atoms with Gasteiger partial charge in [0.05, 0.1) is 30.2 Å². The molecule has 4 rings (SSSR count). The highest BCUT2D eigenvalue weighted by atomic mass is 16.5. The van der Waals surface area contributed by atoms with E-state index in [9.17, 15) is 0 Å². The first-order valence-electron chi connectivity index (χ1n) is 8.56. The Morgan fingerprint density at radius 1 is 1.11 bits per heavy atom. The number of oxime groups is 1. The number of benzene rings is 2. The first-order valence-corrected chi connectivity index (χ1v) is 8.56. The minimum Gasteiger partial charge on any atom is -0.489 e. The van der Waals surface area contributed by atoms with Gasteiger partial charge in [0.2, 0.25) is 0 Å². The van der Waals surface area contributed by atoms with Crippen molar-refractivity contribution in [2.45, 2.75) is 13.2 Å². The van der Waals surface area contributed by atoms with Crippen LogP contribution in [0.1, 0.15) is 16.8 Å². The minimum atomic E-state index is 0.355. The molecule has 2 N–H and O–H groups in total. The molecule has 27 heavy (non-hydrogen) atoms. The zero-order valence-corrected chi connectivity index (χ0v) is 14.8. The summed E-state index contributed by atoms with van der Waals surface area (Å²) in [4.78, 5) is 7.72. The Labute approximate surface area is 156 Å². The summed E-state index contributed by atoms with van der Waals surface area (Å²) in [5, 5.41) is 14.1. The summed E-state index contributed by atoms with van der Waals surface area (Å²) in [5.74, 6) is 0.782. The van der Waals surface area contributed by atoms with Gasteiger partial charge in [-0.3, -0.25) is 4.98 Å². The van der Waals surface area contributed by atoms with Gasteiger partial charge in [-0.05, 0) is 23.8 Å². The fraction of sp³-hybridized carbons (Fsp3) is 0.143. The Bertz CT molecular complexity index is 1100. The van der Waals surface area contributed by atoms with Crippen LogP contribution in [0.25, 0.3) is 21.8 Å². The number of H-pyrrole nitrogens is 1. The van der Waals surface area contributed by atoms with Gasteiger partial charge in [-0.2, -0.15) is 0 Å². The highest BCUT2D eigenvalue weighted by Crippen LogP contribution is 2.32. The molecular formula is C21H19N3O3. The summed E-state index contributed by atoms with van der Waals surface area (Å²) >= 11 is 0. The number of aromatic nitrogens is 2. The molecule has 2 heterocycles. The molecule has 6 heteroatoms. The molecule has 0 aliphatic rings. The molecule has 0 spiro atoms. The quantitative estimate of drug-likeness (QED) is 0.306. The first-order chi connectivity index (χ1) is 13.3. The van der Waals surface area contributed by atoms with E-state index in [2.05, 4.69) is 15.1 Å². The van der Waals surface area contributed by atoms with Gasteiger partial charge >= 0.3 is 0 Å². The van der Waals surface area contributed by atoms with E-state index in [4.69, 9.17) is 14.7 Å². The van der Waals surface area contributed by atoms with Gasteiger partial charge < -0.3 is 19.7 Å². The van der Waals surface area contributed by atoms with Gasteiger partial charge in [0.15, 0.2) is 0 Å². The topological polar surface area (TPSA) is 79.7 Å².